The monoisotopic (exact) mass is 489 g/mol. The molecule has 3 heterocycles. The normalized spacial score (nSPS) is 27.8. The summed E-state index contributed by atoms with van der Waals surface area (Å²) in [5.74, 6) is -0.479. The van der Waals surface area contributed by atoms with E-state index in [1.54, 1.807) is 23.1 Å². The fourth-order valence-corrected chi connectivity index (χ4v) is 5.88. The van der Waals surface area contributed by atoms with Crippen molar-refractivity contribution in [3.63, 3.8) is 0 Å². The van der Waals surface area contributed by atoms with Crippen molar-refractivity contribution in [3.05, 3.63) is 23.8 Å². The molecule has 0 unspecified atom stereocenters. The van der Waals surface area contributed by atoms with Gasteiger partial charge in [0, 0.05) is 18.5 Å². The third-order valence-electron chi connectivity index (χ3n) is 7.21. The summed E-state index contributed by atoms with van der Waals surface area (Å²) < 4.78 is 11.1. The molecule has 5 rings (SSSR count). The van der Waals surface area contributed by atoms with Gasteiger partial charge in [-0.25, -0.2) is 0 Å². The fourth-order valence-electron chi connectivity index (χ4n) is 5.49. The van der Waals surface area contributed by atoms with Gasteiger partial charge in [0.15, 0.2) is 12.4 Å². The number of nitrogens with one attached hydrogen (secondary N) is 2. The lowest BCUT2D eigenvalue weighted by molar-refractivity contribution is -0.143. The first-order valence-electron chi connectivity index (χ1n) is 11.9. The molecule has 1 saturated carbocycles. The Morgan fingerprint density at radius 2 is 1.94 bits per heavy atom. The predicted octanol–water partition coefficient (Wildman–Crippen LogP) is 1.87. The maximum atomic E-state index is 13.8. The van der Waals surface area contributed by atoms with Crippen molar-refractivity contribution in [3.8, 4) is 5.75 Å². The highest BCUT2D eigenvalue weighted by atomic mass is 35.5. The Balaban J connectivity index is 1.37. The summed E-state index contributed by atoms with van der Waals surface area (Å²) in [6.45, 7) is 0.198. The fraction of sp³-hybridized carbons (Fsp3) is 0.583. The Morgan fingerprint density at radius 1 is 1.15 bits per heavy atom. The number of rotatable bonds is 4. The molecule has 3 fully saturated rings. The Bertz CT molecular complexity index is 1010. The molecule has 9 nitrogen and oxygen atoms in total. The van der Waals surface area contributed by atoms with Crippen LogP contribution >= 0.6 is 11.6 Å². The predicted molar refractivity (Wildman–Crippen MR) is 123 cm³/mol. The SMILES string of the molecule is O=C1CO[C@H]2[C@@H](C1)N(C(=O)[C@@H](NC(=O)c1ccc3c(c1)OCC(=O)N3)C1CCCCC1)C[C@@H]2Cl. The Hall–Kier alpha value is -2.65. The Labute approximate surface area is 202 Å². The lowest BCUT2D eigenvalue weighted by Gasteiger charge is -2.36. The van der Waals surface area contributed by atoms with Crippen LogP contribution in [-0.2, 0) is 19.1 Å². The summed E-state index contributed by atoms with van der Waals surface area (Å²) in [4.78, 5) is 52.2. The molecule has 1 aromatic rings. The van der Waals surface area contributed by atoms with Gasteiger partial charge in [-0.15, -0.1) is 11.6 Å². The molecule has 4 atom stereocenters. The summed E-state index contributed by atoms with van der Waals surface area (Å²) in [6.07, 6.45) is 4.65. The molecule has 0 spiro atoms. The van der Waals surface area contributed by atoms with Gasteiger partial charge in [-0.3, -0.25) is 19.2 Å². The highest BCUT2D eigenvalue weighted by Crippen LogP contribution is 2.34. The van der Waals surface area contributed by atoms with E-state index in [9.17, 15) is 19.2 Å². The first-order chi connectivity index (χ1) is 16.4. The quantitative estimate of drug-likeness (QED) is 0.624. The number of likely N-dealkylation sites (tertiary alicyclic amines) is 1. The molecular weight excluding hydrogens is 462 g/mol. The number of benzene rings is 1. The molecule has 34 heavy (non-hydrogen) atoms. The van der Waals surface area contributed by atoms with Crippen LogP contribution in [0.1, 0.15) is 48.9 Å². The number of Topliss-reactive ketones (excluding diaryl/α,β-unsaturated/α-hetero) is 1. The van der Waals surface area contributed by atoms with Gasteiger partial charge in [-0.1, -0.05) is 19.3 Å². The zero-order valence-corrected chi connectivity index (χ0v) is 19.5. The molecule has 2 saturated heterocycles. The van der Waals surface area contributed by atoms with Crippen LogP contribution in [0.25, 0.3) is 0 Å². The van der Waals surface area contributed by atoms with Crippen LogP contribution in [-0.4, -0.2) is 71.7 Å². The number of carbonyl (C=O) groups excluding carboxylic acids is 4. The van der Waals surface area contributed by atoms with E-state index in [4.69, 9.17) is 21.1 Å². The van der Waals surface area contributed by atoms with Crippen LogP contribution in [0.5, 0.6) is 5.75 Å². The topological polar surface area (TPSA) is 114 Å². The highest BCUT2D eigenvalue weighted by Gasteiger charge is 2.49. The first kappa shape index (κ1) is 23.1. The van der Waals surface area contributed by atoms with Crippen LogP contribution in [0.2, 0.25) is 0 Å². The summed E-state index contributed by atoms with van der Waals surface area (Å²) >= 11 is 6.48. The van der Waals surface area contributed by atoms with E-state index < -0.39 is 17.5 Å². The number of fused-ring (bicyclic) bond motifs is 2. The van der Waals surface area contributed by atoms with E-state index in [2.05, 4.69) is 10.6 Å². The standard InChI is InChI=1S/C24H28ClN3O6/c25-16-10-28(18-9-15(29)11-34-22(16)18)24(32)21(13-4-2-1-3-5-13)27-23(31)14-6-7-17-19(8-14)33-12-20(30)26-17/h6-8,13,16,18,21-22H,1-5,9-12H2,(H,26,30)(H,27,31)/t16-,18+,21-,22+/m0/s1. The molecule has 3 aliphatic heterocycles. The lowest BCUT2D eigenvalue weighted by atomic mass is 9.83. The minimum Gasteiger partial charge on any atom is -0.482 e. The largest absolute Gasteiger partial charge is 0.482 e. The average Bonchev–Trinajstić information content (AvgIpc) is 3.17. The zero-order valence-electron chi connectivity index (χ0n) is 18.8. The number of anilines is 1. The third kappa shape index (κ3) is 4.51. The maximum absolute atomic E-state index is 13.8. The van der Waals surface area contributed by atoms with Crippen molar-refractivity contribution < 1.29 is 28.7 Å². The smallest absolute Gasteiger partial charge is 0.262 e. The van der Waals surface area contributed by atoms with E-state index in [1.165, 1.54) is 0 Å². The van der Waals surface area contributed by atoms with E-state index in [-0.39, 0.29) is 61.7 Å². The second-order valence-corrected chi connectivity index (χ2v) is 10.0. The van der Waals surface area contributed by atoms with Crippen molar-refractivity contribution in [2.24, 2.45) is 5.92 Å². The summed E-state index contributed by atoms with van der Waals surface area (Å²) in [7, 11) is 0. The van der Waals surface area contributed by atoms with Gasteiger partial charge >= 0.3 is 0 Å². The number of carbonyl (C=O) groups is 4. The molecular formula is C24H28ClN3O6. The molecule has 1 aromatic carbocycles. The Morgan fingerprint density at radius 3 is 2.74 bits per heavy atom. The summed E-state index contributed by atoms with van der Waals surface area (Å²) in [6, 6.07) is 3.66. The lowest BCUT2D eigenvalue weighted by Crippen LogP contribution is -2.55. The first-order valence-corrected chi connectivity index (χ1v) is 12.3. The molecule has 2 N–H and O–H groups in total. The van der Waals surface area contributed by atoms with Crippen molar-refractivity contribution in [1.82, 2.24) is 10.2 Å². The van der Waals surface area contributed by atoms with Crippen LogP contribution < -0.4 is 15.4 Å². The van der Waals surface area contributed by atoms with E-state index in [0.29, 0.717) is 17.0 Å². The molecule has 0 bridgehead atoms. The molecule has 0 radical (unpaired) electrons. The second-order valence-electron chi connectivity index (χ2n) is 9.49. The second kappa shape index (κ2) is 9.54. The van der Waals surface area contributed by atoms with Gasteiger partial charge in [0.05, 0.1) is 23.2 Å². The number of ketones is 1. The molecule has 182 valence electrons. The van der Waals surface area contributed by atoms with Crippen molar-refractivity contribution in [2.75, 3.05) is 25.1 Å². The van der Waals surface area contributed by atoms with Gasteiger partial charge < -0.3 is 25.0 Å². The number of amides is 3. The highest BCUT2D eigenvalue weighted by molar-refractivity contribution is 6.21. The van der Waals surface area contributed by atoms with Crippen LogP contribution in [0.3, 0.4) is 0 Å². The zero-order chi connectivity index (χ0) is 23.8. The number of hydrogen-bond acceptors (Lipinski definition) is 6. The van der Waals surface area contributed by atoms with Gasteiger partial charge in [0.2, 0.25) is 5.91 Å². The van der Waals surface area contributed by atoms with Crippen LogP contribution in [0, 0.1) is 5.92 Å². The number of alkyl halides is 1. The van der Waals surface area contributed by atoms with Gasteiger partial charge in [-0.05, 0) is 37.0 Å². The third-order valence-corrected chi connectivity index (χ3v) is 7.60. The Kier molecular flexibility index (Phi) is 6.48. The van der Waals surface area contributed by atoms with E-state index in [1.807, 2.05) is 0 Å². The molecule has 3 amide bonds. The number of halogens is 1. The number of ether oxygens (including phenoxy) is 2. The molecule has 0 aromatic heterocycles. The van der Waals surface area contributed by atoms with Crippen molar-refractivity contribution in [1.29, 1.82) is 0 Å². The van der Waals surface area contributed by atoms with E-state index in [0.717, 1.165) is 32.1 Å². The van der Waals surface area contributed by atoms with Gasteiger partial charge in [-0.2, -0.15) is 0 Å². The van der Waals surface area contributed by atoms with Crippen molar-refractivity contribution in [2.45, 2.75) is 62.1 Å². The van der Waals surface area contributed by atoms with Crippen LogP contribution in [0.4, 0.5) is 5.69 Å². The minimum atomic E-state index is -0.718. The summed E-state index contributed by atoms with van der Waals surface area (Å²) in [5, 5.41) is 5.28. The number of hydrogen-bond donors (Lipinski definition) is 2. The van der Waals surface area contributed by atoms with Crippen LogP contribution in [0.15, 0.2) is 18.2 Å². The van der Waals surface area contributed by atoms with Gasteiger partial charge in [0.25, 0.3) is 11.8 Å². The molecule has 10 heteroatoms. The maximum Gasteiger partial charge on any atom is 0.262 e. The van der Waals surface area contributed by atoms with Crippen molar-refractivity contribution >= 4 is 40.8 Å². The van der Waals surface area contributed by atoms with Gasteiger partial charge in [0.1, 0.15) is 18.4 Å². The molecule has 1 aliphatic carbocycles. The summed E-state index contributed by atoms with van der Waals surface area (Å²) in [5.41, 5.74) is 0.847. The minimum absolute atomic E-state index is 0.00593. The molecule has 4 aliphatic rings. The average molecular weight is 490 g/mol. The number of nitrogens with zero attached hydrogens (tertiary/aromatic N) is 1. The van der Waals surface area contributed by atoms with E-state index >= 15 is 0 Å².